The molecule has 0 aliphatic rings. The molecule has 2 aromatic rings. The van der Waals surface area contributed by atoms with E-state index in [1.807, 2.05) is 5.38 Å². The van der Waals surface area contributed by atoms with Gasteiger partial charge in [-0.15, -0.1) is 11.3 Å². The van der Waals surface area contributed by atoms with Gasteiger partial charge in [0.15, 0.2) is 0 Å². The summed E-state index contributed by atoms with van der Waals surface area (Å²) in [5.41, 5.74) is 0.885. The molecule has 0 amide bonds. The van der Waals surface area contributed by atoms with Crippen LogP contribution in [0.15, 0.2) is 29.9 Å². The van der Waals surface area contributed by atoms with E-state index in [1.165, 1.54) is 23.6 Å². The Morgan fingerprint density at radius 1 is 1.36 bits per heavy atom. The molecule has 0 spiro atoms. The molecule has 1 N–H and O–H groups in total. The van der Waals surface area contributed by atoms with E-state index in [1.54, 1.807) is 12.3 Å². The minimum absolute atomic E-state index is 0.185. The van der Waals surface area contributed by atoms with Crippen molar-refractivity contribution in [1.82, 2.24) is 9.97 Å². The molecule has 70 valence electrons. The number of pyridine rings is 1. The highest BCUT2D eigenvalue weighted by atomic mass is 32.1. The topological polar surface area (TPSA) is 63.1 Å². The molecular weight excluding hydrogens is 200 g/mol. The van der Waals surface area contributed by atoms with E-state index in [0.29, 0.717) is 5.69 Å². The first kappa shape index (κ1) is 8.83. The number of aromatic nitrogens is 2. The lowest BCUT2D eigenvalue weighted by molar-refractivity contribution is 0.0696. The van der Waals surface area contributed by atoms with Crippen LogP contribution >= 0.6 is 11.3 Å². The van der Waals surface area contributed by atoms with Gasteiger partial charge >= 0.3 is 5.97 Å². The summed E-state index contributed by atoms with van der Waals surface area (Å²) in [4.78, 5) is 18.6. The van der Waals surface area contributed by atoms with Gasteiger partial charge in [-0.1, -0.05) is 0 Å². The Morgan fingerprint density at radius 3 is 2.71 bits per heavy atom. The van der Waals surface area contributed by atoms with Crippen molar-refractivity contribution in [2.45, 2.75) is 0 Å². The maximum atomic E-state index is 10.5. The molecule has 5 heteroatoms. The van der Waals surface area contributed by atoms with E-state index >= 15 is 0 Å². The van der Waals surface area contributed by atoms with Crippen LogP contribution in [-0.2, 0) is 0 Å². The fourth-order valence-electron chi connectivity index (χ4n) is 0.997. The molecule has 0 atom stereocenters. The predicted octanol–water partition coefficient (Wildman–Crippen LogP) is 1.90. The molecule has 0 saturated heterocycles. The molecule has 0 aromatic carbocycles. The minimum Gasteiger partial charge on any atom is -0.478 e. The third-order valence-corrected chi connectivity index (χ3v) is 2.46. The zero-order valence-corrected chi connectivity index (χ0v) is 7.86. The van der Waals surface area contributed by atoms with Crippen molar-refractivity contribution < 1.29 is 9.90 Å². The SMILES string of the molecule is O=C(O)c1ccc(-c2nccs2)nc1. The Hall–Kier alpha value is -1.75. The average Bonchev–Trinajstić information content (AvgIpc) is 2.71. The number of carboxylic acid groups (broad SMARTS) is 1. The Bertz CT molecular complexity index is 436. The molecule has 0 saturated carbocycles. The maximum absolute atomic E-state index is 10.5. The number of nitrogens with zero attached hydrogens (tertiary/aromatic N) is 2. The van der Waals surface area contributed by atoms with Crippen molar-refractivity contribution in [3.63, 3.8) is 0 Å². The summed E-state index contributed by atoms with van der Waals surface area (Å²) in [5.74, 6) is -0.969. The minimum atomic E-state index is -0.969. The molecule has 0 fully saturated rings. The molecule has 2 aromatic heterocycles. The Kier molecular flexibility index (Phi) is 2.24. The van der Waals surface area contributed by atoms with Crippen LogP contribution in [-0.4, -0.2) is 21.0 Å². The molecule has 0 bridgehead atoms. The number of thiazole rings is 1. The second-order valence-electron chi connectivity index (χ2n) is 2.57. The van der Waals surface area contributed by atoms with Gasteiger partial charge in [-0.25, -0.2) is 9.78 Å². The highest BCUT2D eigenvalue weighted by molar-refractivity contribution is 7.13. The number of carboxylic acids is 1. The number of rotatable bonds is 2. The highest BCUT2D eigenvalue weighted by Gasteiger charge is 2.05. The van der Waals surface area contributed by atoms with Crippen LogP contribution in [0, 0.1) is 0 Å². The van der Waals surface area contributed by atoms with E-state index in [9.17, 15) is 4.79 Å². The molecular formula is C9H6N2O2S. The van der Waals surface area contributed by atoms with Crippen LogP contribution in [0.1, 0.15) is 10.4 Å². The Morgan fingerprint density at radius 2 is 2.21 bits per heavy atom. The Labute approximate surface area is 83.9 Å². The average molecular weight is 206 g/mol. The normalized spacial score (nSPS) is 10.0. The van der Waals surface area contributed by atoms with Crippen LogP contribution in [0.2, 0.25) is 0 Å². The summed E-state index contributed by atoms with van der Waals surface area (Å²) in [6.07, 6.45) is 3.02. The quantitative estimate of drug-likeness (QED) is 0.815. The summed E-state index contributed by atoms with van der Waals surface area (Å²) in [7, 11) is 0. The fourth-order valence-corrected chi connectivity index (χ4v) is 1.61. The van der Waals surface area contributed by atoms with E-state index in [4.69, 9.17) is 5.11 Å². The van der Waals surface area contributed by atoms with Crippen LogP contribution < -0.4 is 0 Å². The van der Waals surface area contributed by atoms with Gasteiger partial charge in [0.25, 0.3) is 0 Å². The van der Waals surface area contributed by atoms with Gasteiger partial charge in [-0.2, -0.15) is 0 Å². The first-order chi connectivity index (χ1) is 6.77. The van der Waals surface area contributed by atoms with Crippen LogP contribution in [0.3, 0.4) is 0 Å². The third kappa shape index (κ3) is 1.62. The molecule has 14 heavy (non-hydrogen) atoms. The summed E-state index contributed by atoms with van der Waals surface area (Å²) < 4.78 is 0. The van der Waals surface area contributed by atoms with Gasteiger partial charge in [0, 0.05) is 17.8 Å². The molecule has 0 radical (unpaired) electrons. The van der Waals surface area contributed by atoms with Crippen molar-refractivity contribution in [2.24, 2.45) is 0 Å². The first-order valence-electron chi connectivity index (χ1n) is 3.86. The van der Waals surface area contributed by atoms with Gasteiger partial charge in [0.05, 0.1) is 11.3 Å². The van der Waals surface area contributed by atoms with E-state index in [2.05, 4.69) is 9.97 Å². The number of hydrogen-bond acceptors (Lipinski definition) is 4. The summed E-state index contributed by atoms with van der Waals surface area (Å²) in [6.45, 7) is 0. The van der Waals surface area contributed by atoms with Gasteiger partial charge in [-0.05, 0) is 12.1 Å². The Balaban J connectivity index is 2.36. The lowest BCUT2D eigenvalue weighted by Gasteiger charge is -1.95. The van der Waals surface area contributed by atoms with Gasteiger partial charge in [-0.3, -0.25) is 4.98 Å². The molecule has 2 rings (SSSR count). The smallest absolute Gasteiger partial charge is 0.337 e. The highest BCUT2D eigenvalue weighted by Crippen LogP contribution is 2.18. The second kappa shape index (κ2) is 3.55. The van der Waals surface area contributed by atoms with Crippen molar-refractivity contribution in [1.29, 1.82) is 0 Å². The predicted molar refractivity (Wildman–Crippen MR) is 52.3 cm³/mol. The van der Waals surface area contributed by atoms with Gasteiger partial charge in [0.1, 0.15) is 5.01 Å². The van der Waals surface area contributed by atoms with E-state index in [-0.39, 0.29) is 5.56 Å². The van der Waals surface area contributed by atoms with Crippen LogP contribution in [0.25, 0.3) is 10.7 Å². The molecule has 4 nitrogen and oxygen atoms in total. The monoisotopic (exact) mass is 206 g/mol. The fraction of sp³-hybridized carbons (Fsp3) is 0. The summed E-state index contributed by atoms with van der Waals surface area (Å²) in [5, 5.41) is 11.3. The van der Waals surface area contributed by atoms with Crippen molar-refractivity contribution in [3.05, 3.63) is 35.5 Å². The van der Waals surface area contributed by atoms with Crippen molar-refractivity contribution in [3.8, 4) is 10.7 Å². The van der Waals surface area contributed by atoms with Crippen LogP contribution in [0.4, 0.5) is 0 Å². The molecule has 2 heterocycles. The zero-order chi connectivity index (χ0) is 9.97. The first-order valence-corrected chi connectivity index (χ1v) is 4.74. The van der Waals surface area contributed by atoms with Crippen molar-refractivity contribution in [2.75, 3.05) is 0 Å². The second-order valence-corrected chi connectivity index (χ2v) is 3.47. The molecule has 0 aliphatic carbocycles. The van der Waals surface area contributed by atoms with E-state index < -0.39 is 5.97 Å². The van der Waals surface area contributed by atoms with Gasteiger partial charge in [0.2, 0.25) is 0 Å². The van der Waals surface area contributed by atoms with Crippen LogP contribution in [0.5, 0.6) is 0 Å². The van der Waals surface area contributed by atoms with Gasteiger partial charge < -0.3 is 5.11 Å². The zero-order valence-electron chi connectivity index (χ0n) is 7.04. The largest absolute Gasteiger partial charge is 0.478 e. The summed E-state index contributed by atoms with van der Waals surface area (Å²) in [6, 6.07) is 3.17. The maximum Gasteiger partial charge on any atom is 0.337 e. The lowest BCUT2D eigenvalue weighted by Crippen LogP contribution is -1.96. The van der Waals surface area contributed by atoms with E-state index in [0.717, 1.165) is 5.01 Å². The number of hydrogen-bond donors (Lipinski definition) is 1. The standard InChI is InChI=1S/C9H6N2O2S/c12-9(13)6-1-2-7(11-5-6)8-10-3-4-14-8/h1-5H,(H,12,13). The number of carbonyl (C=O) groups is 1. The molecule has 0 aliphatic heterocycles. The summed E-state index contributed by atoms with van der Waals surface area (Å²) >= 11 is 1.47. The lowest BCUT2D eigenvalue weighted by atomic mass is 10.2. The third-order valence-electron chi connectivity index (χ3n) is 1.66. The number of aromatic carboxylic acids is 1. The molecule has 0 unspecified atom stereocenters. The van der Waals surface area contributed by atoms with Crippen molar-refractivity contribution >= 4 is 17.3 Å².